The molecule has 30 heavy (non-hydrogen) atoms. The van der Waals surface area contributed by atoms with Crippen LogP contribution < -0.4 is 15.1 Å². The number of hydrogen-bond acceptors (Lipinski definition) is 6. The lowest BCUT2D eigenvalue weighted by Crippen LogP contribution is -2.47. The SMILES string of the molecule is Clc1ccc2c(N3CCN(c4nccc(Nc5ccccc5)n4)CC3)ccnc2c1. The van der Waals surface area contributed by atoms with Crippen molar-refractivity contribution in [3.8, 4) is 0 Å². The highest BCUT2D eigenvalue weighted by Gasteiger charge is 2.21. The van der Waals surface area contributed by atoms with Crippen molar-refractivity contribution < 1.29 is 0 Å². The highest BCUT2D eigenvalue weighted by atomic mass is 35.5. The van der Waals surface area contributed by atoms with Crippen molar-refractivity contribution in [3.05, 3.63) is 78.1 Å². The van der Waals surface area contributed by atoms with Crippen molar-refractivity contribution in [1.29, 1.82) is 0 Å². The third-order valence-electron chi connectivity index (χ3n) is 5.27. The van der Waals surface area contributed by atoms with Crippen molar-refractivity contribution in [2.75, 3.05) is 41.3 Å². The number of para-hydroxylation sites is 1. The molecule has 3 heterocycles. The predicted octanol–water partition coefficient (Wildman–Crippen LogP) is 4.75. The van der Waals surface area contributed by atoms with Crippen molar-refractivity contribution in [2.45, 2.75) is 0 Å². The van der Waals surface area contributed by atoms with Gasteiger partial charge in [0.15, 0.2) is 0 Å². The number of anilines is 4. The quantitative estimate of drug-likeness (QED) is 0.518. The van der Waals surface area contributed by atoms with E-state index < -0.39 is 0 Å². The number of hydrogen-bond donors (Lipinski definition) is 1. The molecule has 1 fully saturated rings. The fourth-order valence-corrected chi connectivity index (χ4v) is 3.94. The van der Waals surface area contributed by atoms with Crippen LogP contribution in [-0.4, -0.2) is 41.1 Å². The average Bonchev–Trinajstić information content (AvgIpc) is 2.79. The summed E-state index contributed by atoms with van der Waals surface area (Å²) in [7, 11) is 0. The molecular weight excluding hydrogens is 396 g/mol. The Bertz CT molecular complexity index is 1160. The summed E-state index contributed by atoms with van der Waals surface area (Å²) in [6, 6.07) is 19.9. The van der Waals surface area contributed by atoms with Crippen LogP contribution in [-0.2, 0) is 0 Å². The van der Waals surface area contributed by atoms with E-state index in [1.807, 2.05) is 60.8 Å². The molecule has 2 aromatic heterocycles. The minimum atomic E-state index is 0.707. The number of fused-ring (bicyclic) bond motifs is 1. The van der Waals surface area contributed by atoms with E-state index in [9.17, 15) is 0 Å². The lowest BCUT2D eigenvalue weighted by Gasteiger charge is -2.36. The van der Waals surface area contributed by atoms with Gasteiger partial charge in [-0.15, -0.1) is 0 Å². The van der Waals surface area contributed by atoms with E-state index in [1.54, 1.807) is 6.20 Å². The fourth-order valence-electron chi connectivity index (χ4n) is 3.77. The molecule has 1 saturated heterocycles. The standard InChI is InChI=1S/C23H21ClN6/c24-17-6-7-19-20(16-17)25-10-8-21(19)29-12-14-30(15-13-29)23-26-11-9-22(28-23)27-18-4-2-1-3-5-18/h1-11,16H,12-15H2,(H,26,27,28). The maximum atomic E-state index is 6.13. The number of halogens is 1. The molecule has 1 N–H and O–H groups in total. The zero-order valence-electron chi connectivity index (χ0n) is 16.4. The van der Waals surface area contributed by atoms with E-state index in [0.717, 1.165) is 54.5 Å². The number of nitrogens with zero attached hydrogens (tertiary/aromatic N) is 5. The van der Waals surface area contributed by atoms with Crippen molar-refractivity contribution in [1.82, 2.24) is 15.0 Å². The summed E-state index contributed by atoms with van der Waals surface area (Å²) in [5, 5.41) is 5.17. The summed E-state index contributed by atoms with van der Waals surface area (Å²) in [6.07, 6.45) is 3.66. The first-order chi connectivity index (χ1) is 14.8. The van der Waals surface area contributed by atoms with Gasteiger partial charge in [-0.05, 0) is 42.5 Å². The second-order valence-corrected chi connectivity index (χ2v) is 7.63. The first-order valence-electron chi connectivity index (χ1n) is 9.95. The molecule has 2 aromatic carbocycles. The lowest BCUT2D eigenvalue weighted by molar-refractivity contribution is 0.641. The van der Waals surface area contributed by atoms with Crippen LogP contribution in [0.3, 0.4) is 0 Å². The zero-order chi connectivity index (χ0) is 20.3. The number of rotatable bonds is 4. The zero-order valence-corrected chi connectivity index (χ0v) is 17.1. The van der Waals surface area contributed by atoms with Crippen LogP contribution in [0.2, 0.25) is 5.02 Å². The molecule has 0 atom stereocenters. The largest absolute Gasteiger partial charge is 0.367 e. The number of aromatic nitrogens is 3. The first kappa shape index (κ1) is 18.6. The lowest BCUT2D eigenvalue weighted by atomic mass is 10.1. The van der Waals surface area contributed by atoms with Crippen LogP contribution in [0, 0.1) is 0 Å². The molecule has 0 unspecified atom stereocenters. The minimum absolute atomic E-state index is 0.707. The third kappa shape index (κ3) is 3.86. The van der Waals surface area contributed by atoms with E-state index in [1.165, 1.54) is 5.69 Å². The van der Waals surface area contributed by atoms with Crippen LogP contribution in [0.15, 0.2) is 73.1 Å². The van der Waals surface area contributed by atoms with Crippen LogP contribution >= 0.6 is 11.6 Å². The Morgan fingerprint density at radius 3 is 2.40 bits per heavy atom. The van der Waals surface area contributed by atoms with Gasteiger partial charge in [-0.1, -0.05) is 29.8 Å². The fraction of sp³-hybridized carbons (Fsp3) is 0.174. The van der Waals surface area contributed by atoms with E-state index in [4.69, 9.17) is 16.6 Å². The van der Waals surface area contributed by atoms with Gasteiger partial charge in [0.2, 0.25) is 5.95 Å². The Kier molecular flexibility index (Phi) is 5.07. The summed E-state index contributed by atoms with van der Waals surface area (Å²) < 4.78 is 0. The van der Waals surface area contributed by atoms with Gasteiger partial charge >= 0.3 is 0 Å². The van der Waals surface area contributed by atoms with Crippen LogP contribution in [0.1, 0.15) is 0 Å². The maximum Gasteiger partial charge on any atom is 0.227 e. The Hall–Kier alpha value is -3.38. The molecule has 0 amide bonds. The van der Waals surface area contributed by atoms with E-state index in [0.29, 0.717) is 5.02 Å². The van der Waals surface area contributed by atoms with Crippen molar-refractivity contribution >= 4 is 45.6 Å². The second-order valence-electron chi connectivity index (χ2n) is 7.20. The molecule has 4 aromatic rings. The number of benzene rings is 2. The molecule has 1 aliphatic heterocycles. The monoisotopic (exact) mass is 416 g/mol. The van der Waals surface area contributed by atoms with Gasteiger partial charge in [0, 0.05) is 60.4 Å². The summed E-state index contributed by atoms with van der Waals surface area (Å²) in [6.45, 7) is 3.49. The smallest absolute Gasteiger partial charge is 0.227 e. The molecule has 7 heteroatoms. The molecule has 5 rings (SSSR count). The molecule has 0 spiro atoms. The van der Waals surface area contributed by atoms with Gasteiger partial charge in [-0.2, -0.15) is 4.98 Å². The summed E-state index contributed by atoms with van der Waals surface area (Å²) in [5.41, 5.74) is 3.12. The van der Waals surface area contributed by atoms with E-state index >= 15 is 0 Å². The number of nitrogens with one attached hydrogen (secondary N) is 1. The summed E-state index contributed by atoms with van der Waals surface area (Å²) in [4.78, 5) is 18.3. The van der Waals surface area contributed by atoms with Gasteiger partial charge < -0.3 is 15.1 Å². The molecule has 150 valence electrons. The van der Waals surface area contributed by atoms with Gasteiger partial charge in [0.05, 0.1) is 5.52 Å². The van der Waals surface area contributed by atoms with Crippen LogP contribution in [0.4, 0.5) is 23.1 Å². The molecule has 0 saturated carbocycles. The van der Waals surface area contributed by atoms with Crippen molar-refractivity contribution in [2.24, 2.45) is 0 Å². The number of pyridine rings is 1. The molecule has 0 radical (unpaired) electrons. The average molecular weight is 417 g/mol. The molecule has 1 aliphatic rings. The minimum Gasteiger partial charge on any atom is -0.367 e. The summed E-state index contributed by atoms with van der Waals surface area (Å²) in [5.74, 6) is 1.55. The van der Waals surface area contributed by atoms with E-state index in [2.05, 4.69) is 31.2 Å². The van der Waals surface area contributed by atoms with Gasteiger partial charge in [-0.3, -0.25) is 4.98 Å². The first-order valence-corrected chi connectivity index (χ1v) is 10.3. The topological polar surface area (TPSA) is 57.2 Å². The van der Waals surface area contributed by atoms with Gasteiger partial charge in [0.25, 0.3) is 0 Å². The van der Waals surface area contributed by atoms with Gasteiger partial charge in [0.1, 0.15) is 5.82 Å². The molecule has 6 nitrogen and oxygen atoms in total. The number of piperazine rings is 1. The van der Waals surface area contributed by atoms with E-state index in [-0.39, 0.29) is 0 Å². The predicted molar refractivity (Wildman–Crippen MR) is 123 cm³/mol. The molecule has 0 aliphatic carbocycles. The second kappa shape index (κ2) is 8.16. The third-order valence-corrected chi connectivity index (χ3v) is 5.51. The highest BCUT2D eigenvalue weighted by molar-refractivity contribution is 6.31. The highest BCUT2D eigenvalue weighted by Crippen LogP contribution is 2.28. The Morgan fingerprint density at radius 2 is 1.57 bits per heavy atom. The van der Waals surface area contributed by atoms with Crippen LogP contribution in [0.25, 0.3) is 10.9 Å². The van der Waals surface area contributed by atoms with Gasteiger partial charge in [-0.25, -0.2) is 4.98 Å². The maximum absolute atomic E-state index is 6.13. The molecular formula is C23H21ClN6. The van der Waals surface area contributed by atoms with Crippen LogP contribution in [0.5, 0.6) is 0 Å². The molecule has 0 bridgehead atoms. The Morgan fingerprint density at radius 1 is 0.800 bits per heavy atom. The summed E-state index contributed by atoms with van der Waals surface area (Å²) >= 11 is 6.13. The Balaban J connectivity index is 1.30. The normalized spacial score (nSPS) is 14.2. The Labute approximate surface area is 180 Å². The van der Waals surface area contributed by atoms with Crippen molar-refractivity contribution in [3.63, 3.8) is 0 Å².